The van der Waals surface area contributed by atoms with Crippen molar-refractivity contribution in [3.8, 4) is 0 Å². The summed E-state index contributed by atoms with van der Waals surface area (Å²) in [6.07, 6.45) is -1.66. The lowest BCUT2D eigenvalue weighted by Gasteiger charge is -2.48. The number of hydrogen-bond acceptors (Lipinski definition) is 6. The van der Waals surface area contributed by atoms with Crippen LogP contribution in [0.2, 0.25) is 0 Å². The maximum absolute atomic E-state index is 9.21. The molecule has 8 heteroatoms. The van der Waals surface area contributed by atoms with Gasteiger partial charge in [-0.15, -0.1) is 11.8 Å². The predicted octanol–water partition coefficient (Wildman–Crippen LogP) is 4.84. The summed E-state index contributed by atoms with van der Waals surface area (Å²) in [6, 6.07) is 19.2. The SMILES string of the molecule is CCS[C@@H]1O[C@@H]2CO[C@@H](c3ccccc3)O[C@H]2[C@H](OCc2ccccc2)[C@@H]1N=[N+]=[N-]. The van der Waals surface area contributed by atoms with E-state index in [2.05, 4.69) is 10.0 Å². The van der Waals surface area contributed by atoms with Crippen LogP contribution in [-0.4, -0.2) is 42.1 Å². The number of thioether (sulfide) groups is 1. The number of hydrogen-bond donors (Lipinski definition) is 0. The summed E-state index contributed by atoms with van der Waals surface area (Å²) in [5.41, 5.74) is 10.9. The topological polar surface area (TPSA) is 85.7 Å². The number of fused-ring (bicyclic) bond motifs is 1. The fourth-order valence-corrected chi connectivity index (χ4v) is 4.74. The molecule has 4 rings (SSSR count). The summed E-state index contributed by atoms with van der Waals surface area (Å²) in [6.45, 7) is 2.83. The molecule has 2 aromatic carbocycles. The van der Waals surface area contributed by atoms with Crippen LogP contribution < -0.4 is 0 Å². The zero-order chi connectivity index (χ0) is 20.8. The summed E-state index contributed by atoms with van der Waals surface area (Å²) in [7, 11) is 0. The van der Waals surface area contributed by atoms with Gasteiger partial charge in [0.25, 0.3) is 0 Å². The fraction of sp³-hybridized carbons (Fsp3) is 0.455. The van der Waals surface area contributed by atoms with E-state index in [0.717, 1.165) is 16.9 Å². The first-order valence-electron chi connectivity index (χ1n) is 10.1. The molecule has 7 nitrogen and oxygen atoms in total. The average molecular weight is 428 g/mol. The number of nitrogens with zero attached hydrogens (tertiary/aromatic N) is 3. The molecule has 2 saturated heterocycles. The van der Waals surface area contributed by atoms with Crippen LogP contribution in [0.15, 0.2) is 65.8 Å². The Balaban J connectivity index is 1.59. The molecule has 158 valence electrons. The van der Waals surface area contributed by atoms with Gasteiger partial charge in [0, 0.05) is 10.5 Å². The van der Waals surface area contributed by atoms with Crippen LogP contribution in [0.1, 0.15) is 24.3 Å². The van der Waals surface area contributed by atoms with E-state index in [1.165, 1.54) is 0 Å². The molecule has 0 spiro atoms. The summed E-state index contributed by atoms with van der Waals surface area (Å²) in [5.74, 6) is 0.833. The van der Waals surface area contributed by atoms with Gasteiger partial charge in [0.1, 0.15) is 23.7 Å². The van der Waals surface area contributed by atoms with Crippen molar-refractivity contribution in [3.63, 3.8) is 0 Å². The number of ether oxygens (including phenoxy) is 4. The maximum Gasteiger partial charge on any atom is 0.184 e. The van der Waals surface area contributed by atoms with Crippen molar-refractivity contribution in [2.45, 2.75) is 49.6 Å². The molecular weight excluding hydrogens is 402 g/mol. The van der Waals surface area contributed by atoms with Gasteiger partial charge in [-0.25, -0.2) is 0 Å². The Morgan fingerprint density at radius 2 is 1.83 bits per heavy atom. The Morgan fingerprint density at radius 1 is 1.10 bits per heavy atom. The van der Waals surface area contributed by atoms with Crippen molar-refractivity contribution in [2.75, 3.05) is 12.4 Å². The van der Waals surface area contributed by atoms with Crippen LogP contribution in [0.25, 0.3) is 10.4 Å². The van der Waals surface area contributed by atoms with Crippen molar-refractivity contribution >= 4 is 11.8 Å². The van der Waals surface area contributed by atoms with Gasteiger partial charge in [0.15, 0.2) is 6.29 Å². The quantitative estimate of drug-likeness (QED) is 0.358. The van der Waals surface area contributed by atoms with Crippen molar-refractivity contribution in [1.82, 2.24) is 0 Å². The van der Waals surface area contributed by atoms with E-state index in [-0.39, 0.29) is 11.5 Å². The Bertz CT molecular complexity index is 850. The highest BCUT2D eigenvalue weighted by molar-refractivity contribution is 7.99. The summed E-state index contributed by atoms with van der Waals surface area (Å²) in [5, 5.41) is 4.06. The smallest absolute Gasteiger partial charge is 0.184 e. The van der Waals surface area contributed by atoms with E-state index < -0.39 is 24.5 Å². The van der Waals surface area contributed by atoms with Gasteiger partial charge in [-0.2, -0.15) is 0 Å². The van der Waals surface area contributed by atoms with Crippen LogP contribution in [0.3, 0.4) is 0 Å². The molecular formula is C22H25N3O4S. The molecule has 2 aromatic rings. The van der Waals surface area contributed by atoms with Gasteiger partial charge in [0.05, 0.1) is 19.3 Å². The zero-order valence-corrected chi connectivity index (χ0v) is 17.6. The normalized spacial score (nSPS) is 30.8. The van der Waals surface area contributed by atoms with Gasteiger partial charge in [-0.05, 0) is 16.8 Å². The Morgan fingerprint density at radius 3 is 2.53 bits per heavy atom. The van der Waals surface area contributed by atoms with Crippen LogP contribution in [0, 0.1) is 0 Å². The lowest BCUT2D eigenvalue weighted by Crippen LogP contribution is -2.61. The molecule has 2 heterocycles. The number of rotatable bonds is 7. The van der Waals surface area contributed by atoms with E-state index in [1.54, 1.807) is 11.8 Å². The highest BCUT2D eigenvalue weighted by atomic mass is 32.2. The monoisotopic (exact) mass is 427 g/mol. The molecule has 6 atom stereocenters. The van der Waals surface area contributed by atoms with Crippen molar-refractivity contribution in [1.29, 1.82) is 0 Å². The molecule has 2 aliphatic rings. The molecule has 2 aliphatic heterocycles. The minimum atomic E-state index is -0.513. The zero-order valence-electron chi connectivity index (χ0n) is 16.7. The van der Waals surface area contributed by atoms with E-state index >= 15 is 0 Å². The van der Waals surface area contributed by atoms with E-state index in [1.807, 2.05) is 67.6 Å². The molecule has 0 bridgehead atoms. The minimum Gasteiger partial charge on any atom is -0.370 e. The van der Waals surface area contributed by atoms with Crippen LogP contribution in [-0.2, 0) is 25.6 Å². The van der Waals surface area contributed by atoms with Crippen molar-refractivity contribution in [2.24, 2.45) is 5.11 Å². The Hall–Kier alpha value is -2.06. The van der Waals surface area contributed by atoms with E-state index in [4.69, 9.17) is 18.9 Å². The van der Waals surface area contributed by atoms with Crippen LogP contribution in [0.4, 0.5) is 0 Å². The maximum atomic E-state index is 9.21. The first kappa shape index (κ1) is 21.2. The first-order chi connectivity index (χ1) is 14.8. The molecule has 0 saturated carbocycles. The molecule has 0 N–H and O–H groups in total. The summed E-state index contributed by atoms with van der Waals surface area (Å²) < 4.78 is 24.8. The number of benzene rings is 2. The summed E-state index contributed by atoms with van der Waals surface area (Å²) >= 11 is 1.60. The predicted molar refractivity (Wildman–Crippen MR) is 115 cm³/mol. The highest BCUT2D eigenvalue weighted by Gasteiger charge is 2.50. The molecule has 0 amide bonds. The lowest BCUT2D eigenvalue weighted by molar-refractivity contribution is -0.311. The third-order valence-corrected chi connectivity index (χ3v) is 6.23. The fourth-order valence-electron chi connectivity index (χ4n) is 3.78. The Kier molecular flexibility index (Phi) is 7.28. The second kappa shape index (κ2) is 10.3. The third-order valence-electron chi connectivity index (χ3n) is 5.18. The molecule has 0 radical (unpaired) electrons. The second-order valence-corrected chi connectivity index (χ2v) is 8.51. The standard InChI is InChI=1S/C22H25N3O4S/c1-2-30-22-18(24-25-23)20(26-13-15-9-5-3-6-10-15)19-17(28-22)14-27-21(29-19)16-11-7-4-8-12-16/h3-12,17-22H,2,13-14H2,1H3/t17-,18+,19-,20-,21-,22+/m1/s1. The van der Waals surface area contributed by atoms with Gasteiger partial charge in [-0.3, -0.25) is 0 Å². The first-order valence-corrected chi connectivity index (χ1v) is 11.1. The second-order valence-electron chi connectivity index (χ2n) is 7.13. The lowest BCUT2D eigenvalue weighted by atomic mass is 9.97. The largest absolute Gasteiger partial charge is 0.370 e. The highest BCUT2D eigenvalue weighted by Crippen LogP contribution is 2.39. The van der Waals surface area contributed by atoms with Gasteiger partial charge >= 0.3 is 0 Å². The van der Waals surface area contributed by atoms with Gasteiger partial charge < -0.3 is 18.9 Å². The van der Waals surface area contributed by atoms with E-state index in [0.29, 0.717) is 13.2 Å². The summed E-state index contributed by atoms with van der Waals surface area (Å²) in [4.78, 5) is 3.08. The molecule has 30 heavy (non-hydrogen) atoms. The minimum absolute atomic E-state index is 0.292. The molecule has 0 aliphatic carbocycles. The molecule has 2 fully saturated rings. The molecule has 0 unspecified atom stereocenters. The van der Waals surface area contributed by atoms with Crippen LogP contribution in [0.5, 0.6) is 0 Å². The third kappa shape index (κ3) is 4.81. The van der Waals surface area contributed by atoms with Gasteiger partial charge in [-0.1, -0.05) is 72.7 Å². The van der Waals surface area contributed by atoms with Crippen molar-refractivity contribution < 1.29 is 18.9 Å². The number of azide groups is 1. The average Bonchev–Trinajstić information content (AvgIpc) is 2.80. The van der Waals surface area contributed by atoms with E-state index in [9.17, 15) is 5.53 Å². The Labute approximate surface area is 180 Å². The van der Waals surface area contributed by atoms with Crippen LogP contribution >= 0.6 is 11.8 Å². The van der Waals surface area contributed by atoms with Crippen molar-refractivity contribution in [3.05, 3.63) is 82.2 Å². The molecule has 0 aromatic heterocycles. The van der Waals surface area contributed by atoms with Gasteiger partial charge in [0.2, 0.25) is 0 Å².